The summed E-state index contributed by atoms with van der Waals surface area (Å²) >= 11 is 6.22. The summed E-state index contributed by atoms with van der Waals surface area (Å²) in [5.41, 5.74) is 3.66. The van der Waals surface area contributed by atoms with Gasteiger partial charge in [0, 0.05) is 4.47 Å². The van der Waals surface area contributed by atoms with E-state index in [1.54, 1.807) is 4.68 Å². The van der Waals surface area contributed by atoms with E-state index < -0.39 is 0 Å². The lowest BCUT2D eigenvalue weighted by Crippen LogP contribution is -2.14. The van der Waals surface area contributed by atoms with Gasteiger partial charge < -0.3 is 0 Å². The van der Waals surface area contributed by atoms with Crippen molar-refractivity contribution in [3.63, 3.8) is 0 Å². The molecule has 0 radical (unpaired) electrons. The topological polar surface area (TPSA) is 83.6 Å². The number of carbonyl (C=O) groups is 1. The number of aromatic nitrogens is 3. The minimum absolute atomic E-state index is 0.237. The van der Waals surface area contributed by atoms with E-state index >= 15 is 0 Å². The molecule has 1 aromatic carbocycles. The van der Waals surface area contributed by atoms with Crippen molar-refractivity contribution in [3.8, 4) is 11.8 Å². The summed E-state index contributed by atoms with van der Waals surface area (Å²) in [6.07, 6.45) is 0. The first-order valence-corrected chi connectivity index (χ1v) is 10.6. The Balaban J connectivity index is 1.85. The largest absolute Gasteiger partial charge is 0.298 e. The molecule has 27 heavy (non-hydrogen) atoms. The van der Waals surface area contributed by atoms with Gasteiger partial charge in [-0.1, -0.05) is 39.0 Å². The molecule has 0 saturated carbocycles. The maximum absolute atomic E-state index is 12.8. The second-order valence-electron chi connectivity index (χ2n) is 5.73. The third-order valence-corrected chi connectivity index (χ3v) is 6.66. The Hall–Kier alpha value is -2.15. The smallest absolute Gasteiger partial charge is 0.261 e. The standard InChI is InChI=1S/C18H16BrN5OS2/c1-10-15(12(3)24(23-10)14-6-4-13(19)5-7-14)16(25)22-18-21-11(2)17(27-18)26-9-8-20/h4-7H,9H2,1-3H3,(H,21,22,25). The lowest BCUT2D eigenvalue weighted by Gasteiger charge is -2.05. The Labute approximate surface area is 173 Å². The number of anilines is 1. The molecule has 2 heterocycles. The van der Waals surface area contributed by atoms with Crippen molar-refractivity contribution in [2.75, 3.05) is 11.1 Å². The highest BCUT2D eigenvalue weighted by atomic mass is 79.9. The van der Waals surface area contributed by atoms with E-state index in [0.717, 1.165) is 25.8 Å². The van der Waals surface area contributed by atoms with Gasteiger partial charge in [-0.05, 0) is 45.0 Å². The van der Waals surface area contributed by atoms with Crippen LogP contribution in [-0.2, 0) is 0 Å². The van der Waals surface area contributed by atoms with Crippen LogP contribution in [0.2, 0.25) is 0 Å². The van der Waals surface area contributed by atoms with Crippen molar-refractivity contribution in [2.45, 2.75) is 25.0 Å². The first kappa shape index (κ1) is 19.6. The van der Waals surface area contributed by atoms with Gasteiger partial charge in [-0.2, -0.15) is 10.4 Å². The quantitative estimate of drug-likeness (QED) is 0.547. The van der Waals surface area contributed by atoms with Crippen molar-refractivity contribution in [2.24, 2.45) is 0 Å². The normalized spacial score (nSPS) is 10.6. The van der Waals surface area contributed by atoms with Gasteiger partial charge in [0.2, 0.25) is 0 Å². The van der Waals surface area contributed by atoms with Crippen molar-refractivity contribution in [3.05, 3.63) is 51.4 Å². The van der Waals surface area contributed by atoms with Crippen molar-refractivity contribution in [1.29, 1.82) is 5.26 Å². The molecule has 0 spiro atoms. The zero-order valence-electron chi connectivity index (χ0n) is 14.9. The maximum Gasteiger partial charge on any atom is 0.261 e. The number of benzene rings is 1. The van der Waals surface area contributed by atoms with Crippen LogP contribution in [0.15, 0.2) is 32.9 Å². The van der Waals surface area contributed by atoms with Crippen LogP contribution in [0.25, 0.3) is 5.69 Å². The van der Waals surface area contributed by atoms with E-state index in [4.69, 9.17) is 5.26 Å². The van der Waals surface area contributed by atoms with Crippen LogP contribution >= 0.6 is 39.0 Å². The molecule has 0 aliphatic heterocycles. The third-order valence-electron chi connectivity index (χ3n) is 3.83. The monoisotopic (exact) mass is 461 g/mol. The Bertz CT molecular complexity index is 1030. The first-order chi connectivity index (χ1) is 12.9. The van der Waals surface area contributed by atoms with Gasteiger partial charge in [0.1, 0.15) is 0 Å². The van der Waals surface area contributed by atoms with Crippen molar-refractivity contribution < 1.29 is 4.79 Å². The minimum Gasteiger partial charge on any atom is -0.298 e. The number of thioether (sulfide) groups is 1. The number of amides is 1. The Morgan fingerprint density at radius 2 is 2.00 bits per heavy atom. The number of nitrogens with one attached hydrogen (secondary N) is 1. The summed E-state index contributed by atoms with van der Waals surface area (Å²) in [4.78, 5) is 17.2. The minimum atomic E-state index is -0.237. The fourth-order valence-corrected chi connectivity index (χ4v) is 4.69. The van der Waals surface area contributed by atoms with Gasteiger partial charge in [-0.15, -0.1) is 0 Å². The van der Waals surface area contributed by atoms with Crippen molar-refractivity contribution >= 4 is 50.1 Å². The molecule has 138 valence electrons. The molecule has 0 unspecified atom stereocenters. The van der Waals surface area contributed by atoms with Crippen LogP contribution in [0.5, 0.6) is 0 Å². The van der Waals surface area contributed by atoms with Crippen LogP contribution in [-0.4, -0.2) is 26.4 Å². The summed E-state index contributed by atoms with van der Waals surface area (Å²) in [5, 5.41) is 16.6. The zero-order chi connectivity index (χ0) is 19.6. The predicted octanol–water partition coefficient (Wildman–Crippen LogP) is 4.88. The van der Waals surface area contributed by atoms with E-state index in [1.165, 1.54) is 23.1 Å². The molecule has 1 N–H and O–H groups in total. The number of hydrogen-bond donors (Lipinski definition) is 1. The number of nitrogens with zero attached hydrogens (tertiary/aromatic N) is 4. The van der Waals surface area contributed by atoms with Gasteiger partial charge >= 0.3 is 0 Å². The number of aryl methyl sites for hydroxylation is 2. The number of rotatable bonds is 5. The second kappa shape index (κ2) is 8.25. The number of nitriles is 1. The van der Waals surface area contributed by atoms with E-state index in [9.17, 15) is 4.79 Å². The Morgan fingerprint density at radius 3 is 2.67 bits per heavy atom. The molecule has 3 aromatic rings. The number of thiazole rings is 1. The summed E-state index contributed by atoms with van der Waals surface area (Å²) in [6.45, 7) is 5.56. The first-order valence-electron chi connectivity index (χ1n) is 8.01. The highest BCUT2D eigenvalue weighted by Gasteiger charge is 2.21. The zero-order valence-corrected chi connectivity index (χ0v) is 18.1. The average molecular weight is 462 g/mol. The number of carbonyl (C=O) groups excluding carboxylic acids is 1. The summed E-state index contributed by atoms with van der Waals surface area (Å²) in [5.74, 6) is 0.119. The van der Waals surface area contributed by atoms with Gasteiger partial charge in [0.05, 0.1) is 44.4 Å². The molecule has 3 rings (SSSR count). The van der Waals surface area contributed by atoms with Crippen LogP contribution < -0.4 is 5.32 Å². The molecule has 2 aromatic heterocycles. The van der Waals surface area contributed by atoms with E-state index in [1.807, 2.05) is 45.0 Å². The van der Waals surface area contributed by atoms with Crippen molar-refractivity contribution in [1.82, 2.24) is 14.8 Å². The molecule has 0 fully saturated rings. The Morgan fingerprint density at radius 1 is 1.30 bits per heavy atom. The van der Waals surface area contributed by atoms with Crippen LogP contribution in [0.1, 0.15) is 27.4 Å². The van der Waals surface area contributed by atoms with E-state index in [0.29, 0.717) is 22.1 Å². The van der Waals surface area contributed by atoms with Crippen LogP contribution in [0.3, 0.4) is 0 Å². The van der Waals surface area contributed by atoms with Gasteiger partial charge in [-0.3, -0.25) is 10.1 Å². The summed E-state index contributed by atoms with van der Waals surface area (Å²) < 4.78 is 3.68. The lowest BCUT2D eigenvalue weighted by molar-refractivity contribution is 0.102. The molecule has 0 saturated heterocycles. The summed E-state index contributed by atoms with van der Waals surface area (Å²) in [7, 11) is 0. The molecule has 0 aliphatic rings. The van der Waals surface area contributed by atoms with Crippen LogP contribution in [0, 0.1) is 32.1 Å². The van der Waals surface area contributed by atoms with Crippen LogP contribution in [0.4, 0.5) is 5.13 Å². The molecule has 9 heteroatoms. The fourth-order valence-electron chi connectivity index (χ4n) is 2.63. The molecular formula is C18H16BrN5OS2. The number of hydrogen-bond acceptors (Lipinski definition) is 6. The SMILES string of the molecule is Cc1nc(NC(=O)c2c(C)nn(-c3ccc(Br)cc3)c2C)sc1SCC#N. The predicted molar refractivity (Wildman–Crippen MR) is 112 cm³/mol. The van der Waals surface area contributed by atoms with Gasteiger partial charge in [-0.25, -0.2) is 9.67 Å². The molecule has 1 amide bonds. The third kappa shape index (κ3) is 4.24. The second-order valence-corrected chi connectivity index (χ2v) is 8.89. The highest BCUT2D eigenvalue weighted by molar-refractivity contribution is 9.10. The molecule has 6 nitrogen and oxygen atoms in total. The fraction of sp³-hybridized carbons (Fsp3) is 0.222. The summed E-state index contributed by atoms with van der Waals surface area (Å²) in [6, 6.07) is 9.84. The molecule has 0 bridgehead atoms. The van der Waals surface area contributed by atoms with Gasteiger partial charge in [0.25, 0.3) is 5.91 Å². The number of halogens is 1. The Kier molecular flexibility index (Phi) is 5.99. The van der Waals surface area contributed by atoms with Gasteiger partial charge in [0.15, 0.2) is 5.13 Å². The average Bonchev–Trinajstić information content (AvgIpc) is 3.12. The lowest BCUT2D eigenvalue weighted by atomic mass is 10.2. The highest BCUT2D eigenvalue weighted by Crippen LogP contribution is 2.32. The molecular weight excluding hydrogens is 446 g/mol. The van der Waals surface area contributed by atoms with E-state index in [2.05, 4.69) is 37.4 Å². The van der Waals surface area contributed by atoms with E-state index in [-0.39, 0.29) is 5.91 Å². The molecule has 0 atom stereocenters. The molecule has 0 aliphatic carbocycles. The maximum atomic E-state index is 12.8.